The molecular weight excluding hydrogens is 232 g/mol. The van der Waals surface area contributed by atoms with Crippen molar-refractivity contribution >= 4 is 12.2 Å². The second-order valence-electron chi connectivity index (χ2n) is 4.78. The quantitative estimate of drug-likeness (QED) is 0.820. The first-order chi connectivity index (χ1) is 8.06. The van der Waals surface area contributed by atoms with Crippen LogP contribution in [0.4, 0.5) is 0 Å². The highest BCUT2D eigenvalue weighted by molar-refractivity contribution is 7.71. The number of hydrogen-bond donors (Lipinski definition) is 2. The van der Waals surface area contributed by atoms with Crippen LogP contribution < -0.4 is 0 Å². The molecule has 2 rings (SSSR count). The molecule has 2 aromatic heterocycles. The molecule has 0 aromatic carbocycles. The van der Waals surface area contributed by atoms with Crippen LogP contribution in [0.25, 0.3) is 0 Å². The Labute approximate surface area is 106 Å². The zero-order valence-corrected chi connectivity index (χ0v) is 11.2. The molecule has 1 atom stereocenters. The Morgan fingerprint density at radius 1 is 1.41 bits per heavy atom. The molecule has 0 fully saturated rings. The normalized spacial score (nSPS) is 13.2. The van der Waals surface area contributed by atoms with Crippen LogP contribution in [0.1, 0.15) is 31.2 Å². The molecular formula is C12H18N4S. The number of H-pyrrole nitrogens is 2. The fourth-order valence-corrected chi connectivity index (χ4v) is 2.25. The van der Waals surface area contributed by atoms with Crippen LogP contribution >= 0.6 is 12.2 Å². The van der Waals surface area contributed by atoms with Crippen LogP contribution in [-0.4, -0.2) is 19.7 Å². The number of nitrogens with one attached hydrogen (secondary N) is 2. The standard InChI is InChI=1S/C12H18N4S/c1-8(2)10(9-4-5-16(3)7-9)6-11-13-12(17)15-14-11/h4-5,7-8,10H,6H2,1-3H3,(H2,13,14,15,17). The summed E-state index contributed by atoms with van der Waals surface area (Å²) < 4.78 is 2.60. The van der Waals surface area contributed by atoms with Gasteiger partial charge in [0.2, 0.25) is 4.77 Å². The van der Waals surface area contributed by atoms with E-state index in [2.05, 4.69) is 52.1 Å². The lowest BCUT2D eigenvalue weighted by Gasteiger charge is -2.18. The molecule has 0 aliphatic rings. The molecule has 0 spiro atoms. The van der Waals surface area contributed by atoms with Gasteiger partial charge in [0.15, 0.2) is 0 Å². The highest BCUT2D eigenvalue weighted by atomic mass is 32.1. The predicted molar refractivity (Wildman–Crippen MR) is 70.5 cm³/mol. The van der Waals surface area contributed by atoms with Crippen LogP contribution in [0.15, 0.2) is 18.5 Å². The molecule has 2 heterocycles. The van der Waals surface area contributed by atoms with E-state index in [4.69, 9.17) is 12.2 Å². The van der Waals surface area contributed by atoms with Crippen molar-refractivity contribution in [2.45, 2.75) is 26.2 Å². The van der Waals surface area contributed by atoms with Crippen molar-refractivity contribution < 1.29 is 0 Å². The van der Waals surface area contributed by atoms with Crippen molar-refractivity contribution in [3.63, 3.8) is 0 Å². The van der Waals surface area contributed by atoms with Gasteiger partial charge in [0.25, 0.3) is 0 Å². The van der Waals surface area contributed by atoms with Crippen molar-refractivity contribution in [1.29, 1.82) is 0 Å². The predicted octanol–water partition coefficient (Wildman–Crippen LogP) is 2.79. The van der Waals surface area contributed by atoms with Gasteiger partial charge in [-0.05, 0) is 35.7 Å². The van der Waals surface area contributed by atoms with Crippen molar-refractivity contribution in [2.24, 2.45) is 13.0 Å². The average molecular weight is 250 g/mol. The molecule has 0 saturated carbocycles. The maximum atomic E-state index is 4.97. The summed E-state index contributed by atoms with van der Waals surface area (Å²) in [6, 6.07) is 2.17. The lowest BCUT2D eigenvalue weighted by Crippen LogP contribution is -2.10. The van der Waals surface area contributed by atoms with Crippen molar-refractivity contribution in [1.82, 2.24) is 19.7 Å². The first kappa shape index (κ1) is 12.1. The van der Waals surface area contributed by atoms with Crippen molar-refractivity contribution in [3.05, 3.63) is 34.6 Å². The fourth-order valence-electron chi connectivity index (χ4n) is 2.09. The lowest BCUT2D eigenvalue weighted by atomic mass is 9.87. The lowest BCUT2D eigenvalue weighted by molar-refractivity contribution is 0.486. The van der Waals surface area contributed by atoms with Crippen molar-refractivity contribution in [2.75, 3.05) is 0 Å². The van der Waals surface area contributed by atoms with Gasteiger partial charge in [0.1, 0.15) is 5.82 Å². The SMILES string of the molecule is CC(C)C(Cc1nc(=S)[nH][nH]1)c1ccn(C)c1. The van der Waals surface area contributed by atoms with Gasteiger partial charge in [-0.15, -0.1) is 0 Å². The van der Waals surface area contributed by atoms with Gasteiger partial charge in [-0.2, -0.15) is 0 Å². The number of nitrogens with zero attached hydrogens (tertiary/aromatic N) is 2. The number of aromatic nitrogens is 4. The van der Waals surface area contributed by atoms with E-state index in [0.29, 0.717) is 16.6 Å². The van der Waals surface area contributed by atoms with Crippen molar-refractivity contribution in [3.8, 4) is 0 Å². The molecule has 92 valence electrons. The van der Waals surface area contributed by atoms with E-state index in [-0.39, 0.29) is 0 Å². The van der Waals surface area contributed by atoms with Gasteiger partial charge >= 0.3 is 0 Å². The molecule has 0 amide bonds. The van der Waals surface area contributed by atoms with Crippen LogP contribution in [0.3, 0.4) is 0 Å². The third kappa shape index (κ3) is 2.85. The van der Waals surface area contributed by atoms with Crippen LogP contribution in [0, 0.1) is 10.7 Å². The minimum Gasteiger partial charge on any atom is -0.357 e. The van der Waals surface area contributed by atoms with E-state index in [9.17, 15) is 0 Å². The first-order valence-electron chi connectivity index (χ1n) is 5.81. The molecule has 0 saturated heterocycles. The Balaban J connectivity index is 2.21. The highest BCUT2D eigenvalue weighted by Crippen LogP contribution is 2.27. The summed E-state index contributed by atoms with van der Waals surface area (Å²) in [5, 5.41) is 5.86. The molecule has 1 unspecified atom stereocenters. The van der Waals surface area contributed by atoms with Gasteiger partial charge in [0, 0.05) is 25.9 Å². The second kappa shape index (κ2) is 4.87. The van der Waals surface area contributed by atoms with E-state index in [1.807, 2.05) is 7.05 Å². The summed E-state index contributed by atoms with van der Waals surface area (Å²) in [4.78, 5) is 4.26. The summed E-state index contributed by atoms with van der Waals surface area (Å²) in [6.07, 6.45) is 5.14. The summed E-state index contributed by atoms with van der Waals surface area (Å²) in [7, 11) is 2.04. The smallest absolute Gasteiger partial charge is 0.213 e. The molecule has 0 radical (unpaired) electrons. The van der Waals surface area contributed by atoms with E-state index in [1.54, 1.807) is 0 Å². The monoisotopic (exact) mass is 250 g/mol. The number of hydrogen-bond acceptors (Lipinski definition) is 2. The second-order valence-corrected chi connectivity index (χ2v) is 5.17. The van der Waals surface area contributed by atoms with Gasteiger partial charge in [0.05, 0.1) is 0 Å². The molecule has 0 bridgehead atoms. The maximum Gasteiger partial charge on any atom is 0.213 e. The third-order valence-electron chi connectivity index (χ3n) is 3.05. The van der Waals surface area contributed by atoms with Gasteiger partial charge in [-0.3, -0.25) is 10.2 Å². The zero-order chi connectivity index (χ0) is 12.4. The van der Waals surface area contributed by atoms with Gasteiger partial charge in [-0.25, -0.2) is 4.98 Å². The molecule has 5 heteroatoms. The minimum atomic E-state index is 0.463. The molecule has 4 nitrogen and oxygen atoms in total. The van der Waals surface area contributed by atoms with Crippen LogP contribution in [0.2, 0.25) is 0 Å². The Kier molecular flexibility index (Phi) is 3.47. The maximum absolute atomic E-state index is 4.97. The number of aryl methyl sites for hydroxylation is 1. The molecule has 2 aromatic rings. The minimum absolute atomic E-state index is 0.463. The van der Waals surface area contributed by atoms with Crippen LogP contribution in [0.5, 0.6) is 0 Å². The Bertz CT molecular complexity index is 534. The Morgan fingerprint density at radius 3 is 2.65 bits per heavy atom. The highest BCUT2D eigenvalue weighted by Gasteiger charge is 2.18. The van der Waals surface area contributed by atoms with Crippen LogP contribution in [-0.2, 0) is 13.5 Å². The first-order valence-corrected chi connectivity index (χ1v) is 6.22. The summed E-state index contributed by atoms with van der Waals surface area (Å²) in [6.45, 7) is 4.47. The van der Waals surface area contributed by atoms with E-state index >= 15 is 0 Å². The molecule has 2 N–H and O–H groups in total. The Hall–Kier alpha value is -1.36. The molecule has 17 heavy (non-hydrogen) atoms. The summed E-state index contributed by atoms with van der Waals surface area (Å²) in [5.74, 6) is 1.96. The number of rotatable bonds is 4. The van der Waals surface area contributed by atoms with E-state index in [0.717, 1.165) is 12.2 Å². The molecule has 0 aliphatic carbocycles. The molecule has 0 aliphatic heterocycles. The Morgan fingerprint density at radius 2 is 2.18 bits per heavy atom. The fraction of sp³-hybridized carbons (Fsp3) is 0.500. The average Bonchev–Trinajstić information content (AvgIpc) is 2.83. The van der Waals surface area contributed by atoms with Gasteiger partial charge in [-0.1, -0.05) is 13.8 Å². The summed E-state index contributed by atoms with van der Waals surface area (Å²) in [5.41, 5.74) is 1.35. The largest absolute Gasteiger partial charge is 0.357 e. The topological polar surface area (TPSA) is 49.4 Å². The van der Waals surface area contributed by atoms with E-state index in [1.165, 1.54) is 5.56 Å². The summed E-state index contributed by atoms with van der Waals surface area (Å²) >= 11 is 4.97. The van der Waals surface area contributed by atoms with E-state index < -0.39 is 0 Å². The third-order valence-corrected chi connectivity index (χ3v) is 3.24. The number of aromatic amines is 2. The zero-order valence-electron chi connectivity index (χ0n) is 10.4. The van der Waals surface area contributed by atoms with Gasteiger partial charge < -0.3 is 4.57 Å².